The Labute approximate surface area is 495 Å². The van der Waals surface area contributed by atoms with Crippen LogP contribution >= 0.6 is 0 Å². The van der Waals surface area contributed by atoms with Crippen molar-refractivity contribution in [3.8, 4) is 0 Å². The molecule has 6 N–H and O–H groups in total. The first kappa shape index (κ1) is 61.9. The van der Waals surface area contributed by atoms with Gasteiger partial charge in [-0.25, -0.2) is 19.2 Å². The van der Waals surface area contributed by atoms with Gasteiger partial charge in [-0.15, -0.1) is 0 Å². The molecule has 20 nitrogen and oxygen atoms in total. The van der Waals surface area contributed by atoms with E-state index in [-0.39, 0.29) is 48.0 Å². The highest BCUT2D eigenvalue weighted by molar-refractivity contribution is 6.29. The lowest BCUT2D eigenvalue weighted by Crippen LogP contribution is -2.53. The van der Waals surface area contributed by atoms with Crippen molar-refractivity contribution in [2.45, 2.75) is 117 Å². The zero-order valence-corrected chi connectivity index (χ0v) is 49.2. The number of aldehydes is 2. The number of Topliss-reactive ketones (excluding diaryl/α,β-unsaturated/α-hetero) is 4. The van der Waals surface area contributed by atoms with E-state index >= 15 is 0 Å². The Morgan fingerprint density at radius 3 is 1.02 bits per heavy atom. The summed E-state index contributed by atoms with van der Waals surface area (Å²) in [4.78, 5) is 141. The molecule has 4 aliphatic heterocycles. The zero-order valence-electron chi connectivity index (χ0n) is 49.2. The fourth-order valence-electron chi connectivity index (χ4n) is 14.0. The zero-order chi connectivity index (χ0) is 63.4. The number of ether oxygens (including phenoxy) is 4. The molecule has 4 fully saturated rings. The fourth-order valence-corrected chi connectivity index (χ4v) is 14.0. The number of fused-ring (bicyclic) bond motifs is 4. The summed E-state index contributed by atoms with van der Waals surface area (Å²) >= 11 is 0. The molecule has 9 aliphatic rings. The lowest BCUT2D eigenvalue weighted by atomic mass is 9.60. The van der Waals surface area contributed by atoms with Crippen molar-refractivity contribution in [1.82, 2.24) is 0 Å². The van der Waals surface area contributed by atoms with Crippen molar-refractivity contribution in [3.05, 3.63) is 164 Å². The minimum absolute atomic E-state index is 0.0962. The number of aliphatic hydroxyl groups is 6. The van der Waals surface area contributed by atoms with Crippen LogP contribution in [-0.4, -0.2) is 126 Å². The van der Waals surface area contributed by atoms with E-state index in [1.807, 2.05) is 0 Å². The summed E-state index contributed by atoms with van der Waals surface area (Å²) < 4.78 is 24.0. The third kappa shape index (κ3) is 8.83. The average Bonchev–Trinajstić information content (AvgIpc) is 1.52. The topological polar surface area (TPSA) is 329 Å². The average molecular weight is 1180 g/mol. The number of carbonyl (C=O) groups is 10. The highest BCUT2D eigenvalue weighted by atomic mass is 16.6. The van der Waals surface area contributed by atoms with E-state index in [9.17, 15) is 78.6 Å². The van der Waals surface area contributed by atoms with Crippen LogP contribution in [0.15, 0.2) is 164 Å². The van der Waals surface area contributed by atoms with E-state index in [1.165, 1.54) is 114 Å². The summed E-state index contributed by atoms with van der Waals surface area (Å²) in [6.45, 7) is 14.2. The number of esters is 4. The second-order valence-electron chi connectivity index (χ2n) is 25.1. The van der Waals surface area contributed by atoms with E-state index in [4.69, 9.17) is 18.9 Å². The summed E-state index contributed by atoms with van der Waals surface area (Å²) in [5, 5.41) is 68.4. The van der Waals surface area contributed by atoms with Crippen molar-refractivity contribution in [2.75, 3.05) is 13.2 Å². The van der Waals surface area contributed by atoms with Crippen molar-refractivity contribution in [2.24, 2.45) is 45.3 Å². The Morgan fingerprint density at radius 2 is 0.721 bits per heavy atom. The van der Waals surface area contributed by atoms with Gasteiger partial charge in [-0.05, 0) is 111 Å². The molecule has 86 heavy (non-hydrogen) atoms. The molecule has 0 aromatic rings. The van der Waals surface area contributed by atoms with Crippen LogP contribution in [-0.2, 0) is 66.9 Å². The second-order valence-corrected chi connectivity index (χ2v) is 25.1. The van der Waals surface area contributed by atoms with Gasteiger partial charge in [0, 0.05) is 25.7 Å². The minimum atomic E-state index is -2.21. The monoisotopic (exact) mass is 1180 g/mol. The van der Waals surface area contributed by atoms with Crippen molar-refractivity contribution in [3.63, 3.8) is 0 Å². The van der Waals surface area contributed by atoms with Gasteiger partial charge in [-0.3, -0.25) is 28.8 Å². The van der Waals surface area contributed by atoms with Gasteiger partial charge in [0.25, 0.3) is 0 Å². The Bertz CT molecular complexity index is 3430. The predicted octanol–water partition coefficient (Wildman–Crippen LogP) is 7.10. The number of hydrogen-bond donors (Lipinski definition) is 6. The van der Waals surface area contributed by atoms with Crippen LogP contribution in [0, 0.1) is 45.3 Å². The number of aliphatic hydroxyl groups excluding tert-OH is 6. The standard InChI is InChI=1S/C66H68O20/c1-33-13-11-17-59(7)25-39(29-67)35(3)21-63(59)51(75)45(55(79)83-63)44(72)16-20-62(10)28-42(32-70)38(6)24-66(62)54(78)48(58(82)86-66)50(74)34(2)14-12-18-60(8)26-40(30-68)36(4)22-64(60)52(76)46(56(80)84-64)43(71)15-19-61(9)27-41(31-69)37(5)23-65(61)53(77)47(49(33)73)57(81)85-65/h11-20,25-28,31-32,35-38,67-68,71-74H,21-24,29-30H2,1-10H3/b17-11+,18-12+,19-15+,20-16+,33-13+,34-14+,45-44?,46-43?,49-47?,50-48?/t35-,36-,37-,38-,59-,60+,61+,62+,63+,64-,65-,66-/m0/s1. The quantitative estimate of drug-likeness (QED) is 0.0537. The maximum absolute atomic E-state index is 15.0. The van der Waals surface area contributed by atoms with Gasteiger partial charge in [0.15, 0.2) is 22.4 Å². The van der Waals surface area contributed by atoms with Gasteiger partial charge in [-0.1, -0.05) is 101 Å². The van der Waals surface area contributed by atoms with E-state index < -0.39 is 173 Å². The van der Waals surface area contributed by atoms with Crippen molar-refractivity contribution >= 4 is 59.6 Å². The summed E-state index contributed by atoms with van der Waals surface area (Å²) in [6, 6.07) is 0. The normalized spacial score (nSPS) is 40.5. The fraction of sp³-hybridized carbons (Fsp3) is 0.424. The Morgan fingerprint density at radius 1 is 0.442 bits per heavy atom. The number of allylic oxidation sites excluding steroid dienone is 10. The number of carbonyl (C=O) groups excluding carboxylic acids is 10. The third-order valence-electron chi connectivity index (χ3n) is 19.5. The van der Waals surface area contributed by atoms with E-state index in [0.29, 0.717) is 23.7 Å². The summed E-state index contributed by atoms with van der Waals surface area (Å²) in [7, 11) is 0. The van der Waals surface area contributed by atoms with E-state index in [2.05, 4.69) is 0 Å². The molecule has 0 amide bonds. The van der Waals surface area contributed by atoms with Crippen LogP contribution in [0.5, 0.6) is 0 Å². The summed E-state index contributed by atoms with van der Waals surface area (Å²) in [5.74, 6) is -15.2. The molecule has 0 saturated carbocycles. The molecule has 5 aliphatic carbocycles. The molecule has 4 saturated heterocycles. The molecule has 4 heterocycles. The minimum Gasteiger partial charge on any atom is -0.507 e. The first-order valence-corrected chi connectivity index (χ1v) is 28.2. The molecule has 12 atom stereocenters. The van der Waals surface area contributed by atoms with E-state index in [1.54, 1.807) is 27.7 Å². The number of hydrogen-bond acceptors (Lipinski definition) is 20. The smallest absolute Gasteiger partial charge is 0.346 e. The van der Waals surface area contributed by atoms with Crippen molar-refractivity contribution in [1.29, 1.82) is 0 Å². The molecule has 452 valence electrons. The largest absolute Gasteiger partial charge is 0.507 e. The number of rotatable bonds is 4. The molecular formula is C66H68O20. The molecular weight excluding hydrogens is 1110 g/mol. The van der Waals surface area contributed by atoms with Gasteiger partial charge in [0.1, 0.15) is 57.9 Å². The molecule has 20 heteroatoms. The van der Waals surface area contributed by atoms with Crippen LogP contribution in [0.2, 0.25) is 0 Å². The third-order valence-corrected chi connectivity index (χ3v) is 19.5. The lowest BCUT2D eigenvalue weighted by Gasteiger charge is -2.45. The summed E-state index contributed by atoms with van der Waals surface area (Å²) in [5.41, 5.74) is -17.8. The van der Waals surface area contributed by atoms with Gasteiger partial charge in [0.05, 0.1) is 34.9 Å². The van der Waals surface area contributed by atoms with Crippen LogP contribution in [0.1, 0.15) is 94.9 Å². The Balaban J connectivity index is 1.26. The molecule has 0 radical (unpaired) electrons. The van der Waals surface area contributed by atoms with Crippen LogP contribution in [0.25, 0.3) is 0 Å². The second kappa shape index (κ2) is 21.1. The van der Waals surface area contributed by atoms with Crippen LogP contribution in [0.3, 0.4) is 0 Å². The lowest BCUT2D eigenvalue weighted by molar-refractivity contribution is -0.162. The highest BCUT2D eigenvalue weighted by Crippen LogP contribution is 2.58. The SMILES string of the molecule is C/C1=C\C=C\[C@@]2(C)C=C(CO)[C@@H](C)C[C@]23OC(=O)C(=C(O)/C=C/[C@]2(C)C=C(C=O)[C@@H](C)C[C@@]24OC(=O)C(=C(O)/C(C)=C/C=C/[C@]2(C)C=C(CO)[C@@H](C)C[C@@]25OC(=O)C(=C(O)/C=C/[C@]2(C)C=C(C=O)[C@@H](C)C[C@@]26OC(=O)C(=C1O)C6=O)C5=O)C4=O)C3=O. The maximum Gasteiger partial charge on any atom is 0.346 e. The Hall–Kier alpha value is -8.62. The molecule has 4 spiro atoms. The molecule has 0 aromatic carbocycles. The van der Waals surface area contributed by atoms with Gasteiger partial charge < -0.3 is 49.6 Å². The molecule has 8 bridgehead atoms. The highest BCUT2D eigenvalue weighted by Gasteiger charge is 2.68. The predicted molar refractivity (Wildman–Crippen MR) is 304 cm³/mol. The maximum atomic E-state index is 15.0. The van der Waals surface area contributed by atoms with Gasteiger partial charge in [0.2, 0.25) is 23.1 Å². The molecule has 0 unspecified atom stereocenters. The first-order chi connectivity index (χ1) is 40.2. The first-order valence-electron chi connectivity index (χ1n) is 28.2. The molecule has 0 aromatic heterocycles. The summed E-state index contributed by atoms with van der Waals surface area (Å²) in [6.07, 6.45) is 18.1. The van der Waals surface area contributed by atoms with Gasteiger partial charge >= 0.3 is 23.9 Å². The van der Waals surface area contributed by atoms with Crippen LogP contribution in [0.4, 0.5) is 0 Å². The van der Waals surface area contributed by atoms with Crippen LogP contribution < -0.4 is 0 Å². The number of ketones is 4. The van der Waals surface area contributed by atoms with Crippen molar-refractivity contribution < 1.29 is 97.5 Å². The van der Waals surface area contributed by atoms with Gasteiger partial charge in [-0.2, -0.15) is 0 Å². The Kier molecular flexibility index (Phi) is 15.2. The molecule has 9 rings (SSSR count). The van der Waals surface area contributed by atoms with E-state index in [0.717, 1.165) is 12.2 Å².